The fourth-order valence-corrected chi connectivity index (χ4v) is 1.79. The van der Waals surface area contributed by atoms with Gasteiger partial charge in [0.15, 0.2) is 0 Å². The van der Waals surface area contributed by atoms with Crippen LogP contribution in [0.3, 0.4) is 0 Å². The molecule has 0 bridgehead atoms. The number of benzene rings is 1. The van der Waals surface area contributed by atoms with Crippen molar-refractivity contribution in [3.8, 4) is 5.75 Å². The first-order chi connectivity index (χ1) is 8.24. The first-order valence-electron chi connectivity index (χ1n) is 5.51. The van der Waals surface area contributed by atoms with E-state index in [1.54, 1.807) is 19.3 Å². The Morgan fingerprint density at radius 3 is 2.53 bits per heavy atom. The second-order valence-corrected chi connectivity index (χ2v) is 3.93. The number of ether oxygens (including phenoxy) is 2. The maximum absolute atomic E-state index is 9.52. The van der Waals surface area contributed by atoms with Crippen molar-refractivity contribution < 1.29 is 19.7 Å². The summed E-state index contributed by atoms with van der Waals surface area (Å²) in [5.41, 5.74) is 0.965. The molecule has 1 heterocycles. The molecule has 92 valence electrons. The summed E-state index contributed by atoms with van der Waals surface area (Å²) in [4.78, 5) is 0. The Morgan fingerprint density at radius 1 is 1.24 bits per heavy atom. The Labute approximate surface area is 100 Å². The summed E-state index contributed by atoms with van der Waals surface area (Å²) < 4.78 is 10.7. The van der Waals surface area contributed by atoms with Crippen LogP contribution < -0.4 is 4.74 Å². The van der Waals surface area contributed by atoms with Gasteiger partial charge >= 0.3 is 0 Å². The van der Waals surface area contributed by atoms with Crippen molar-refractivity contribution in [2.24, 2.45) is 0 Å². The molecule has 0 radical (unpaired) electrons. The molecular formula is C13H16O4. The Bertz CT molecular complexity index is 385. The molecule has 1 aliphatic heterocycles. The molecule has 0 fully saturated rings. The number of hydrogen-bond donors (Lipinski definition) is 2. The van der Waals surface area contributed by atoms with Crippen LogP contribution in [0.1, 0.15) is 11.7 Å². The predicted molar refractivity (Wildman–Crippen MR) is 62.8 cm³/mol. The van der Waals surface area contributed by atoms with Crippen molar-refractivity contribution >= 4 is 0 Å². The van der Waals surface area contributed by atoms with Crippen LogP contribution in [0.25, 0.3) is 0 Å². The van der Waals surface area contributed by atoms with Gasteiger partial charge in [0.05, 0.1) is 13.7 Å². The molecule has 0 saturated heterocycles. The molecule has 0 aliphatic carbocycles. The first kappa shape index (κ1) is 12.1. The maximum atomic E-state index is 9.52. The summed E-state index contributed by atoms with van der Waals surface area (Å²) >= 11 is 0. The zero-order chi connectivity index (χ0) is 12.3. The molecule has 2 rings (SSSR count). The van der Waals surface area contributed by atoms with E-state index in [-0.39, 0.29) is 12.7 Å². The maximum Gasteiger partial charge on any atom is 0.118 e. The summed E-state index contributed by atoms with van der Waals surface area (Å²) in [5.74, 6) is 0.785. The lowest BCUT2D eigenvalue weighted by Crippen LogP contribution is -2.35. The molecule has 4 nitrogen and oxygen atoms in total. The number of aliphatic hydroxyl groups is 2. The summed E-state index contributed by atoms with van der Waals surface area (Å²) in [6, 6.07) is 7.51. The van der Waals surface area contributed by atoms with E-state index in [9.17, 15) is 5.11 Å². The van der Waals surface area contributed by atoms with Gasteiger partial charge in [0.25, 0.3) is 0 Å². The van der Waals surface area contributed by atoms with Crippen LogP contribution in [0, 0.1) is 0 Å². The zero-order valence-corrected chi connectivity index (χ0v) is 9.61. The van der Waals surface area contributed by atoms with E-state index in [0.717, 1.165) is 11.3 Å². The molecule has 0 saturated carbocycles. The molecule has 3 atom stereocenters. The van der Waals surface area contributed by atoms with Crippen LogP contribution in [0.4, 0.5) is 0 Å². The summed E-state index contributed by atoms with van der Waals surface area (Å²) in [6.45, 7) is -0.196. The SMILES string of the molecule is COc1ccc([C@@H]2C=C[C@H](O)[C@@H](CO)O2)cc1. The van der Waals surface area contributed by atoms with Gasteiger partial charge in [0, 0.05) is 0 Å². The highest BCUT2D eigenvalue weighted by Gasteiger charge is 2.25. The van der Waals surface area contributed by atoms with Gasteiger partial charge < -0.3 is 19.7 Å². The Hall–Kier alpha value is -1.36. The van der Waals surface area contributed by atoms with Crippen LogP contribution in [0.5, 0.6) is 5.75 Å². The van der Waals surface area contributed by atoms with Crippen molar-refractivity contribution in [3.63, 3.8) is 0 Å². The average Bonchev–Trinajstić information content (AvgIpc) is 2.39. The molecule has 2 N–H and O–H groups in total. The van der Waals surface area contributed by atoms with Crippen molar-refractivity contribution in [1.82, 2.24) is 0 Å². The fourth-order valence-electron chi connectivity index (χ4n) is 1.79. The molecular weight excluding hydrogens is 220 g/mol. The summed E-state index contributed by atoms with van der Waals surface area (Å²) in [7, 11) is 1.62. The Kier molecular flexibility index (Phi) is 3.78. The van der Waals surface area contributed by atoms with Crippen LogP contribution in [-0.2, 0) is 4.74 Å². The second kappa shape index (κ2) is 5.31. The van der Waals surface area contributed by atoms with Crippen LogP contribution in [0.15, 0.2) is 36.4 Å². The largest absolute Gasteiger partial charge is 0.497 e. The van der Waals surface area contributed by atoms with Gasteiger partial charge in [0.2, 0.25) is 0 Å². The molecule has 4 heteroatoms. The molecule has 1 aromatic carbocycles. The van der Waals surface area contributed by atoms with E-state index in [1.807, 2.05) is 24.3 Å². The number of aliphatic hydroxyl groups excluding tert-OH is 2. The van der Waals surface area contributed by atoms with Gasteiger partial charge in [-0.2, -0.15) is 0 Å². The lowest BCUT2D eigenvalue weighted by molar-refractivity contribution is -0.0805. The topological polar surface area (TPSA) is 58.9 Å². The van der Waals surface area contributed by atoms with E-state index >= 15 is 0 Å². The van der Waals surface area contributed by atoms with Crippen LogP contribution in [-0.4, -0.2) is 36.1 Å². The average molecular weight is 236 g/mol. The minimum Gasteiger partial charge on any atom is -0.497 e. The first-order valence-corrected chi connectivity index (χ1v) is 5.51. The Balaban J connectivity index is 2.14. The second-order valence-electron chi connectivity index (χ2n) is 3.93. The van der Waals surface area contributed by atoms with Gasteiger partial charge in [-0.1, -0.05) is 24.3 Å². The van der Waals surface area contributed by atoms with E-state index in [1.165, 1.54) is 0 Å². The van der Waals surface area contributed by atoms with Crippen molar-refractivity contribution in [1.29, 1.82) is 0 Å². The van der Waals surface area contributed by atoms with Gasteiger partial charge in [0.1, 0.15) is 24.1 Å². The van der Waals surface area contributed by atoms with Gasteiger partial charge in [-0.15, -0.1) is 0 Å². The molecule has 1 aromatic rings. The zero-order valence-electron chi connectivity index (χ0n) is 9.61. The van der Waals surface area contributed by atoms with Crippen LogP contribution in [0.2, 0.25) is 0 Å². The highest BCUT2D eigenvalue weighted by atomic mass is 16.5. The fraction of sp³-hybridized carbons (Fsp3) is 0.385. The normalized spacial score (nSPS) is 28.1. The van der Waals surface area contributed by atoms with E-state index in [0.29, 0.717) is 0 Å². The summed E-state index contributed by atoms with van der Waals surface area (Å²) in [6.07, 6.45) is 1.90. The molecule has 0 spiro atoms. The third-order valence-corrected chi connectivity index (χ3v) is 2.81. The van der Waals surface area contributed by atoms with Gasteiger partial charge in [-0.3, -0.25) is 0 Å². The minimum atomic E-state index is -0.741. The third-order valence-electron chi connectivity index (χ3n) is 2.81. The monoisotopic (exact) mass is 236 g/mol. The van der Waals surface area contributed by atoms with E-state index < -0.39 is 12.2 Å². The van der Waals surface area contributed by atoms with Crippen molar-refractivity contribution in [2.45, 2.75) is 18.3 Å². The van der Waals surface area contributed by atoms with Gasteiger partial charge in [-0.05, 0) is 17.7 Å². The highest BCUT2D eigenvalue weighted by molar-refractivity contribution is 5.30. The number of methoxy groups -OCH3 is 1. The minimum absolute atomic E-state index is 0.196. The lowest BCUT2D eigenvalue weighted by atomic mass is 10.0. The number of rotatable bonds is 3. The lowest BCUT2D eigenvalue weighted by Gasteiger charge is -2.28. The van der Waals surface area contributed by atoms with Crippen molar-refractivity contribution in [2.75, 3.05) is 13.7 Å². The third kappa shape index (κ3) is 2.66. The standard InChI is InChI=1S/C13H16O4/c1-16-10-4-2-9(3-5-10)12-7-6-11(15)13(8-14)17-12/h2-7,11-15H,8H2,1H3/t11-,12-,13+/m0/s1. The predicted octanol–water partition coefficient (Wildman–Crippen LogP) is 1.04. The molecule has 17 heavy (non-hydrogen) atoms. The molecule has 0 unspecified atom stereocenters. The van der Waals surface area contributed by atoms with Gasteiger partial charge in [-0.25, -0.2) is 0 Å². The van der Waals surface area contributed by atoms with E-state index in [2.05, 4.69) is 0 Å². The Morgan fingerprint density at radius 2 is 1.94 bits per heavy atom. The molecule has 1 aliphatic rings. The highest BCUT2D eigenvalue weighted by Crippen LogP contribution is 2.27. The summed E-state index contributed by atoms with van der Waals surface area (Å²) in [5, 5.41) is 18.6. The molecule has 0 aromatic heterocycles. The van der Waals surface area contributed by atoms with Crippen molar-refractivity contribution in [3.05, 3.63) is 42.0 Å². The molecule has 0 amide bonds. The van der Waals surface area contributed by atoms with Crippen LogP contribution >= 0.6 is 0 Å². The quantitative estimate of drug-likeness (QED) is 0.770. The van der Waals surface area contributed by atoms with E-state index in [4.69, 9.17) is 14.6 Å². The smallest absolute Gasteiger partial charge is 0.118 e. The number of hydrogen-bond acceptors (Lipinski definition) is 4.